The molecule has 0 atom stereocenters. The topological polar surface area (TPSA) is 9.23 Å². The van der Waals surface area contributed by atoms with E-state index in [4.69, 9.17) is 4.74 Å². The van der Waals surface area contributed by atoms with Gasteiger partial charge in [-0.15, -0.1) is 0 Å². The quantitative estimate of drug-likeness (QED) is 0.682. The van der Waals surface area contributed by atoms with Gasteiger partial charge in [-0.05, 0) is 62.2 Å². The molecule has 0 aliphatic heterocycles. The summed E-state index contributed by atoms with van der Waals surface area (Å²) in [5.74, 6) is 0. The van der Waals surface area contributed by atoms with Crippen LogP contribution in [0.2, 0.25) is 0 Å². The maximum atomic E-state index is 6.70. The van der Waals surface area contributed by atoms with Crippen LogP contribution >= 0.6 is 0 Å². The fraction of sp³-hybridized carbons (Fsp3) is 1.00. The van der Waals surface area contributed by atoms with E-state index < -0.39 is 0 Å². The summed E-state index contributed by atoms with van der Waals surface area (Å²) in [6.45, 7) is 4.90. The molecule has 0 amide bonds. The molecule has 0 saturated heterocycles. The molecule has 0 radical (unpaired) electrons. The largest absolute Gasteiger partial charge is 0.367 e. The lowest BCUT2D eigenvalue weighted by atomic mass is 9.95. The smallest absolute Gasteiger partial charge is 0.0745 e. The van der Waals surface area contributed by atoms with Gasteiger partial charge in [0.05, 0.1) is 11.2 Å². The van der Waals surface area contributed by atoms with E-state index in [0.29, 0.717) is 22.0 Å². The molecule has 84 valence electrons. The van der Waals surface area contributed by atoms with Crippen molar-refractivity contribution in [3.05, 3.63) is 0 Å². The molecule has 0 aromatic rings. The summed E-state index contributed by atoms with van der Waals surface area (Å²) in [6, 6.07) is 0. The molecule has 1 heteroatoms. The summed E-state index contributed by atoms with van der Waals surface area (Å²) < 4.78 is 6.70. The summed E-state index contributed by atoms with van der Waals surface area (Å²) in [5.41, 5.74) is 1.84. The van der Waals surface area contributed by atoms with Crippen LogP contribution in [0.25, 0.3) is 0 Å². The molecule has 0 aromatic heterocycles. The van der Waals surface area contributed by atoms with E-state index in [1.54, 1.807) is 0 Å². The third-order valence-corrected chi connectivity index (χ3v) is 6.00. The molecular weight excluding hydrogens is 184 g/mol. The Morgan fingerprint density at radius 2 is 0.933 bits per heavy atom. The Hall–Kier alpha value is -0.0400. The summed E-state index contributed by atoms with van der Waals surface area (Å²) in [6.07, 6.45) is 11.1. The van der Waals surface area contributed by atoms with Crippen LogP contribution < -0.4 is 0 Å². The van der Waals surface area contributed by atoms with Gasteiger partial charge in [0, 0.05) is 0 Å². The van der Waals surface area contributed by atoms with Crippen LogP contribution in [0.1, 0.15) is 65.2 Å². The van der Waals surface area contributed by atoms with Crippen molar-refractivity contribution in [2.75, 3.05) is 0 Å². The molecule has 0 N–H and O–H groups in total. The number of rotatable bonds is 4. The molecular formula is C14H22O. The summed E-state index contributed by atoms with van der Waals surface area (Å²) in [7, 11) is 0. The third kappa shape index (κ3) is 1.03. The minimum Gasteiger partial charge on any atom is -0.367 e. The minimum atomic E-state index is 0.342. The third-order valence-electron chi connectivity index (χ3n) is 6.00. The zero-order chi connectivity index (χ0) is 10.4. The van der Waals surface area contributed by atoms with Crippen LogP contribution in [0.5, 0.6) is 0 Å². The molecule has 4 aliphatic carbocycles. The van der Waals surface area contributed by atoms with E-state index in [2.05, 4.69) is 13.8 Å². The van der Waals surface area contributed by atoms with Crippen molar-refractivity contribution in [2.24, 2.45) is 10.8 Å². The Morgan fingerprint density at radius 1 is 0.600 bits per heavy atom. The number of hydrogen-bond donors (Lipinski definition) is 0. The van der Waals surface area contributed by atoms with Crippen LogP contribution in [0.4, 0.5) is 0 Å². The second kappa shape index (κ2) is 2.16. The standard InChI is InChI=1S/C14H22O/c1-11(3-4-11)13(7-8-13)15-14(9-10-14)12(2)5-6-12/h3-10H2,1-2H3. The lowest BCUT2D eigenvalue weighted by Gasteiger charge is -2.33. The average molecular weight is 206 g/mol. The van der Waals surface area contributed by atoms with Crippen molar-refractivity contribution in [3.63, 3.8) is 0 Å². The molecule has 0 bridgehead atoms. The van der Waals surface area contributed by atoms with Crippen LogP contribution in [0.15, 0.2) is 0 Å². The Morgan fingerprint density at radius 3 is 1.13 bits per heavy atom. The highest BCUT2D eigenvalue weighted by atomic mass is 16.5. The van der Waals surface area contributed by atoms with Gasteiger partial charge in [0.2, 0.25) is 0 Å². The molecule has 4 rings (SSSR count). The van der Waals surface area contributed by atoms with Gasteiger partial charge in [-0.2, -0.15) is 0 Å². The summed E-state index contributed by atoms with van der Waals surface area (Å²) in [4.78, 5) is 0. The van der Waals surface area contributed by atoms with Crippen molar-refractivity contribution in [1.82, 2.24) is 0 Å². The zero-order valence-electron chi connectivity index (χ0n) is 10.1. The summed E-state index contributed by atoms with van der Waals surface area (Å²) in [5, 5.41) is 0. The van der Waals surface area contributed by atoms with E-state index in [1.165, 1.54) is 51.4 Å². The van der Waals surface area contributed by atoms with E-state index in [0.717, 1.165) is 0 Å². The monoisotopic (exact) mass is 206 g/mol. The SMILES string of the molecule is CC1(C2(OC3(C4(C)CC4)CC3)CC2)CC1. The van der Waals surface area contributed by atoms with Crippen LogP contribution in [0, 0.1) is 10.8 Å². The second-order valence-corrected chi connectivity index (χ2v) is 7.21. The van der Waals surface area contributed by atoms with Gasteiger partial charge >= 0.3 is 0 Å². The van der Waals surface area contributed by atoms with Crippen molar-refractivity contribution in [3.8, 4) is 0 Å². The highest BCUT2D eigenvalue weighted by molar-refractivity contribution is 5.22. The lowest BCUT2D eigenvalue weighted by Crippen LogP contribution is -2.36. The van der Waals surface area contributed by atoms with Crippen molar-refractivity contribution in [1.29, 1.82) is 0 Å². The first-order chi connectivity index (χ1) is 7.04. The van der Waals surface area contributed by atoms with Gasteiger partial charge in [0.1, 0.15) is 0 Å². The Balaban J connectivity index is 1.56. The molecule has 15 heavy (non-hydrogen) atoms. The highest BCUT2D eigenvalue weighted by Crippen LogP contribution is 2.73. The normalized spacial score (nSPS) is 39.6. The van der Waals surface area contributed by atoms with Gasteiger partial charge < -0.3 is 4.74 Å². The second-order valence-electron chi connectivity index (χ2n) is 7.21. The van der Waals surface area contributed by atoms with Gasteiger partial charge in [-0.1, -0.05) is 13.8 Å². The fourth-order valence-electron chi connectivity index (χ4n) is 3.54. The van der Waals surface area contributed by atoms with Gasteiger partial charge in [-0.3, -0.25) is 0 Å². The Labute approximate surface area is 92.6 Å². The first-order valence-corrected chi connectivity index (χ1v) is 6.74. The molecule has 4 fully saturated rings. The van der Waals surface area contributed by atoms with Crippen molar-refractivity contribution >= 4 is 0 Å². The lowest BCUT2D eigenvalue weighted by molar-refractivity contribution is -0.112. The molecule has 0 aromatic carbocycles. The molecule has 0 heterocycles. The van der Waals surface area contributed by atoms with Gasteiger partial charge in [0.25, 0.3) is 0 Å². The van der Waals surface area contributed by atoms with Crippen LogP contribution in [0.3, 0.4) is 0 Å². The van der Waals surface area contributed by atoms with E-state index in [9.17, 15) is 0 Å². The Kier molecular flexibility index (Phi) is 1.30. The number of ether oxygens (including phenoxy) is 1. The molecule has 4 aliphatic rings. The van der Waals surface area contributed by atoms with Crippen molar-refractivity contribution in [2.45, 2.75) is 76.4 Å². The van der Waals surface area contributed by atoms with Crippen LogP contribution in [-0.2, 0) is 4.74 Å². The molecule has 0 spiro atoms. The van der Waals surface area contributed by atoms with E-state index in [1.807, 2.05) is 0 Å². The predicted octanol–water partition coefficient (Wildman–Crippen LogP) is 3.67. The van der Waals surface area contributed by atoms with Crippen LogP contribution in [-0.4, -0.2) is 11.2 Å². The molecule has 0 unspecified atom stereocenters. The minimum absolute atomic E-state index is 0.342. The first-order valence-electron chi connectivity index (χ1n) is 6.74. The van der Waals surface area contributed by atoms with Gasteiger partial charge in [-0.25, -0.2) is 0 Å². The van der Waals surface area contributed by atoms with Crippen molar-refractivity contribution < 1.29 is 4.74 Å². The van der Waals surface area contributed by atoms with E-state index in [-0.39, 0.29) is 0 Å². The highest BCUT2D eigenvalue weighted by Gasteiger charge is 2.72. The van der Waals surface area contributed by atoms with Gasteiger partial charge in [0.15, 0.2) is 0 Å². The molecule has 4 saturated carbocycles. The Bertz CT molecular complexity index is 282. The number of hydrogen-bond acceptors (Lipinski definition) is 1. The average Bonchev–Trinajstić information content (AvgIpc) is 3.03. The first kappa shape index (κ1) is 9.04. The maximum Gasteiger partial charge on any atom is 0.0745 e. The molecule has 1 nitrogen and oxygen atoms in total. The fourth-order valence-corrected chi connectivity index (χ4v) is 3.54. The maximum absolute atomic E-state index is 6.70. The predicted molar refractivity (Wildman–Crippen MR) is 59.7 cm³/mol. The zero-order valence-corrected chi connectivity index (χ0v) is 10.1. The van der Waals surface area contributed by atoms with E-state index >= 15 is 0 Å². The summed E-state index contributed by atoms with van der Waals surface area (Å²) >= 11 is 0.